The summed E-state index contributed by atoms with van der Waals surface area (Å²) in [5, 5.41) is 0.953. The van der Waals surface area contributed by atoms with Gasteiger partial charge in [-0.3, -0.25) is 9.98 Å². The zero-order valence-corrected chi connectivity index (χ0v) is 14.5. The average Bonchev–Trinajstić information content (AvgIpc) is 2.63. The number of thioether (sulfide) groups is 1. The molecule has 0 spiro atoms. The minimum atomic E-state index is 0.0635. The van der Waals surface area contributed by atoms with Gasteiger partial charge in [-0.05, 0) is 36.4 Å². The number of allylic oxidation sites excluding steroid dienone is 2. The smallest absolute Gasteiger partial charge is 0.129 e. The molecule has 2 aliphatic heterocycles. The van der Waals surface area contributed by atoms with Gasteiger partial charge in [0.05, 0.1) is 22.1 Å². The Hall–Kier alpha value is -2.04. The second-order valence-corrected chi connectivity index (χ2v) is 7.32. The van der Waals surface area contributed by atoms with E-state index in [4.69, 9.17) is 16.6 Å². The summed E-state index contributed by atoms with van der Waals surface area (Å²) in [5.74, 6) is 0.940. The summed E-state index contributed by atoms with van der Waals surface area (Å²) in [6.45, 7) is 0. The zero-order chi connectivity index (χ0) is 16.4. The number of aliphatic imine (C=N–C) groups is 1. The van der Waals surface area contributed by atoms with Crippen LogP contribution in [0.1, 0.15) is 18.2 Å². The monoisotopic (exact) mass is 353 g/mol. The largest absolute Gasteiger partial charge is 0.319 e. The topological polar surface area (TPSA) is 28.5 Å². The molecule has 2 aliphatic rings. The Labute approximate surface area is 150 Å². The van der Waals surface area contributed by atoms with Gasteiger partial charge in [-0.2, -0.15) is 0 Å². The normalized spacial score (nSPS) is 22.6. The number of aromatic nitrogens is 1. The molecule has 0 amide bonds. The van der Waals surface area contributed by atoms with Gasteiger partial charge in [0.15, 0.2) is 0 Å². The van der Waals surface area contributed by atoms with Crippen LogP contribution in [0.2, 0.25) is 0 Å². The molecular weight excluding hydrogens is 338 g/mol. The predicted molar refractivity (Wildman–Crippen MR) is 100 cm³/mol. The van der Waals surface area contributed by atoms with E-state index in [9.17, 15) is 0 Å². The van der Waals surface area contributed by atoms with Crippen molar-refractivity contribution in [3.8, 4) is 0 Å². The van der Waals surface area contributed by atoms with Crippen molar-refractivity contribution in [1.29, 1.82) is 0 Å². The van der Waals surface area contributed by atoms with E-state index in [2.05, 4.69) is 34.1 Å². The summed E-state index contributed by atoms with van der Waals surface area (Å²) in [6, 6.07) is 16.5. The van der Waals surface area contributed by atoms with Gasteiger partial charge in [-0.1, -0.05) is 35.9 Å². The lowest BCUT2D eigenvalue weighted by atomic mass is 10.1. The van der Waals surface area contributed by atoms with E-state index in [0.717, 1.165) is 23.0 Å². The Morgan fingerprint density at radius 1 is 1.04 bits per heavy atom. The van der Waals surface area contributed by atoms with E-state index < -0.39 is 0 Å². The molecule has 4 rings (SSSR count). The fourth-order valence-corrected chi connectivity index (χ4v) is 4.22. The van der Waals surface area contributed by atoms with Crippen molar-refractivity contribution in [2.45, 2.75) is 22.7 Å². The van der Waals surface area contributed by atoms with E-state index in [1.54, 1.807) is 0 Å². The molecule has 0 bridgehead atoms. The number of fused-ring (bicyclic) bond motifs is 1. The lowest BCUT2D eigenvalue weighted by Crippen LogP contribution is -2.39. The predicted octanol–water partition coefficient (Wildman–Crippen LogP) is 5.00. The van der Waals surface area contributed by atoms with Crippen LogP contribution < -0.4 is 0 Å². The number of pyridine rings is 1. The van der Waals surface area contributed by atoms with Crippen LogP contribution >= 0.6 is 23.4 Å². The highest BCUT2D eigenvalue weighted by molar-refractivity contribution is 7.99. The third-order valence-electron chi connectivity index (χ3n) is 3.99. The maximum Gasteiger partial charge on any atom is 0.129 e. The highest BCUT2D eigenvalue weighted by Crippen LogP contribution is 2.39. The number of nitrogens with zero attached hydrogens (tertiary/aromatic N) is 3. The Morgan fingerprint density at radius 2 is 1.88 bits per heavy atom. The van der Waals surface area contributed by atoms with Crippen LogP contribution in [0.3, 0.4) is 0 Å². The molecule has 3 nitrogen and oxygen atoms in total. The summed E-state index contributed by atoms with van der Waals surface area (Å²) in [4.78, 5) is 12.8. The SMILES string of the molecule is ClC1=CN2C(=NC(c3ccccn3)CC2Sc2ccccc2)C=C1. The third kappa shape index (κ3) is 3.25. The summed E-state index contributed by atoms with van der Waals surface area (Å²) < 4.78 is 0. The minimum Gasteiger partial charge on any atom is -0.319 e. The molecule has 0 N–H and O–H groups in total. The Bertz CT molecular complexity index is 802. The molecule has 1 aromatic heterocycles. The number of benzene rings is 1. The number of hydrogen-bond donors (Lipinski definition) is 0. The van der Waals surface area contributed by atoms with E-state index in [0.29, 0.717) is 0 Å². The molecule has 2 aromatic rings. The van der Waals surface area contributed by atoms with E-state index in [1.165, 1.54) is 4.90 Å². The molecule has 0 saturated heterocycles. The number of rotatable bonds is 3. The molecule has 120 valence electrons. The second kappa shape index (κ2) is 6.83. The maximum absolute atomic E-state index is 6.21. The highest BCUT2D eigenvalue weighted by Gasteiger charge is 2.31. The van der Waals surface area contributed by atoms with Crippen LogP contribution in [0.5, 0.6) is 0 Å². The lowest BCUT2D eigenvalue weighted by Gasteiger charge is -2.37. The molecule has 5 heteroatoms. The first-order valence-corrected chi connectivity index (χ1v) is 9.09. The molecule has 2 unspecified atom stereocenters. The quantitative estimate of drug-likeness (QED) is 0.777. The van der Waals surface area contributed by atoms with Gasteiger partial charge < -0.3 is 4.90 Å². The molecule has 1 aromatic carbocycles. The first-order chi connectivity index (χ1) is 11.8. The Morgan fingerprint density at radius 3 is 2.67 bits per heavy atom. The van der Waals surface area contributed by atoms with Gasteiger partial charge in [0, 0.05) is 23.7 Å². The van der Waals surface area contributed by atoms with Crippen LogP contribution in [0, 0.1) is 0 Å². The summed E-state index contributed by atoms with van der Waals surface area (Å²) in [7, 11) is 0. The third-order valence-corrected chi connectivity index (χ3v) is 5.45. The fourth-order valence-electron chi connectivity index (χ4n) is 2.86. The minimum absolute atomic E-state index is 0.0635. The standard InChI is InChI=1S/C19H16ClN3S/c20-14-9-10-18-22-17(16-8-4-5-11-21-16)12-19(23(18)13-14)24-15-6-2-1-3-7-15/h1-11,13,17,19H,12H2. The number of hydrogen-bond acceptors (Lipinski definition) is 4. The van der Waals surface area contributed by atoms with E-state index >= 15 is 0 Å². The van der Waals surface area contributed by atoms with Crippen molar-refractivity contribution in [2.24, 2.45) is 4.99 Å². The van der Waals surface area contributed by atoms with Gasteiger partial charge in [-0.25, -0.2) is 0 Å². The Kier molecular flexibility index (Phi) is 4.41. The summed E-state index contributed by atoms with van der Waals surface area (Å²) >= 11 is 8.05. The van der Waals surface area contributed by atoms with Gasteiger partial charge >= 0.3 is 0 Å². The average molecular weight is 354 g/mol. The van der Waals surface area contributed by atoms with Crippen molar-refractivity contribution < 1.29 is 0 Å². The number of halogens is 1. The van der Waals surface area contributed by atoms with Crippen LogP contribution in [0.15, 0.2) is 88.0 Å². The molecule has 3 heterocycles. The molecular formula is C19H16ClN3S. The van der Waals surface area contributed by atoms with Crippen LogP contribution in [0.4, 0.5) is 0 Å². The van der Waals surface area contributed by atoms with Gasteiger partial charge in [0.25, 0.3) is 0 Å². The first-order valence-electron chi connectivity index (χ1n) is 7.84. The number of amidine groups is 1. The van der Waals surface area contributed by atoms with Crippen molar-refractivity contribution in [3.63, 3.8) is 0 Å². The van der Waals surface area contributed by atoms with Crippen molar-refractivity contribution in [3.05, 3.63) is 83.8 Å². The van der Waals surface area contributed by atoms with Crippen molar-refractivity contribution >= 4 is 29.2 Å². The van der Waals surface area contributed by atoms with Crippen LogP contribution in [-0.2, 0) is 0 Å². The second-order valence-electron chi connectivity index (χ2n) is 5.63. The van der Waals surface area contributed by atoms with Crippen molar-refractivity contribution in [2.75, 3.05) is 0 Å². The molecule has 0 fully saturated rings. The van der Waals surface area contributed by atoms with E-state index in [-0.39, 0.29) is 11.4 Å². The molecule has 0 saturated carbocycles. The maximum atomic E-state index is 6.21. The van der Waals surface area contributed by atoms with E-state index in [1.807, 2.05) is 60.6 Å². The van der Waals surface area contributed by atoms with Crippen molar-refractivity contribution in [1.82, 2.24) is 9.88 Å². The van der Waals surface area contributed by atoms with Crippen LogP contribution in [0.25, 0.3) is 0 Å². The summed E-state index contributed by atoms with van der Waals surface area (Å²) in [5.41, 5.74) is 1.01. The first kappa shape index (κ1) is 15.5. The van der Waals surface area contributed by atoms with Gasteiger partial charge in [0.1, 0.15) is 5.84 Å². The molecule has 24 heavy (non-hydrogen) atoms. The lowest BCUT2D eigenvalue weighted by molar-refractivity contribution is 0.418. The fraction of sp³-hybridized carbons (Fsp3) is 0.158. The Balaban J connectivity index is 1.67. The van der Waals surface area contributed by atoms with Gasteiger partial charge in [0.2, 0.25) is 0 Å². The molecule has 0 radical (unpaired) electrons. The molecule has 2 atom stereocenters. The van der Waals surface area contributed by atoms with Crippen LogP contribution in [-0.4, -0.2) is 21.1 Å². The summed E-state index contributed by atoms with van der Waals surface area (Å²) in [6.07, 6.45) is 8.55. The van der Waals surface area contributed by atoms with Gasteiger partial charge in [-0.15, -0.1) is 11.8 Å². The molecule has 0 aliphatic carbocycles. The zero-order valence-electron chi connectivity index (χ0n) is 12.9. The highest BCUT2D eigenvalue weighted by atomic mass is 35.5.